The van der Waals surface area contributed by atoms with Gasteiger partial charge in [-0.15, -0.1) is 0 Å². The molecule has 72 valence electrons. The Balaban J connectivity index is 2.51. The lowest BCUT2D eigenvalue weighted by Crippen LogP contribution is -2.08. The molecule has 0 fully saturated rings. The minimum atomic E-state index is 0.104. The molecule has 1 aromatic carbocycles. The van der Waals surface area contributed by atoms with Crippen LogP contribution in [-0.2, 0) is 0 Å². The molecule has 2 heteroatoms. The summed E-state index contributed by atoms with van der Waals surface area (Å²) in [6.45, 7) is 2.08. The van der Waals surface area contributed by atoms with Crippen molar-refractivity contribution in [1.29, 1.82) is 0 Å². The highest BCUT2D eigenvalue weighted by atomic mass is 14.7. The molecule has 2 nitrogen and oxygen atoms in total. The molecule has 0 aliphatic heterocycles. The Kier molecular flexibility index (Phi) is 2.46. The van der Waals surface area contributed by atoms with E-state index in [-0.39, 0.29) is 6.04 Å². The normalized spacial score (nSPS) is 13.0. The molecule has 0 radical (unpaired) electrons. The van der Waals surface area contributed by atoms with Crippen LogP contribution < -0.4 is 5.73 Å². The van der Waals surface area contributed by atoms with Crippen molar-refractivity contribution in [2.45, 2.75) is 19.4 Å². The Morgan fingerprint density at radius 1 is 1.36 bits per heavy atom. The number of nitrogens with two attached hydrogens (primary N) is 1. The summed E-state index contributed by atoms with van der Waals surface area (Å²) in [5.41, 5.74) is 8.09. The van der Waals surface area contributed by atoms with Gasteiger partial charge in [0.05, 0.1) is 5.52 Å². The van der Waals surface area contributed by atoms with Gasteiger partial charge in [0.1, 0.15) is 0 Å². The van der Waals surface area contributed by atoms with Gasteiger partial charge in [-0.05, 0) is 24.1 Å². The number of aromatic nitrogens is 1. The van der Waals surface area contributed by atoms with Crippen LogP contribution in [0.4, 0.5) is 0 Å². The summed E-state index contributed by atoms with van der Waals surface area (Å²) in [5, 5.41) is 1.16. The SMILES string of the molecule is CC[C@@H](N)c1cnc2ccccc2c1. The number of hydrogen-bond acceptors (Lipinski definition) is 2. The Bertz CT molecular complexity index is 437. The molecule has 1 atom stereocenters. The average Bonchev–Trinajstić information content (AvgIpc) is 2.27. The molecule has 0 amide bonds. The van der Waals surface area contributed by atoms with Crippen LogP contribution in [0.5, 0.6) is 0 Å². The lowest BCUT2D eigenvalue weighted by atomic mass is 10.1. The quantitative estimate of drug-likeness (QED) is 0.783. The highest BCUT2D eigenvalue weighted by Gasteiger charge is 2.03. The zero-order valence-electron chi connectivity index (χ0n) is 8.27. The fourth-order valence-corrected chi connectivity index (χ4v) is 1.53. The molecule has 0 bridgehead atoms. The van der Waals surface area contributed by atoms with Crippen molar-refractivity contribution < 1.29 is 0 Å². The Labute approximate surface area is 83.8 Å². The van der Waals surface area contributed by atoms with E-state index in [1.54, 1.807) is 0 Å². The molecule has 1 aromatic heterocycles. The third-order valence-corrected chi connectivity index (χ3v) is 2.48. The second-order valence-electron chi connectivity index (χ2n) is 3.48. The first-order valence-corrected chi connectivity index (χ1v) is 4.91. The monoisotopic (exact) mass is 186 g/mol. The minimum Gasteiger partial charge on any atom is -0.324 e. The van der Waals surface area contributed by atoms with Crippen LogP contribution >= 0.6 is 0 Å². The number of fused-ring (bicyclic) bond motifs is 1. The van der Waals surface area contributed by atoms with Gasteiger partial charge in [0.2, 0.25) is 0 Å². The van der Waals surface area contributed by atoms with Gasteiger partial charge in [0, 0.05) is 17.6 Å². The molecule has 2 rings (SSSR count). The van der Waals surface area contributed by atoms with Crippen LogP contribution in [0.15, 0.2) is 36.5 Å². The molecule has 0 unspecified atom stereocenters. The zero-order chi connectivity index (χ0) is 9.97. The number of pyridine rings is 1. The minimum absolute atomic E-state index is 0.104. The molecular weight excluding hydrogens is 172 g/mol. The third kappa shape index (κ3) is 1.61. The van der Waals surface area contributed by atoms with E-state index in [9.17, 15) is 0 Å². The molecule has 0 saturated carbocycles. The van der Waals surface area contributed by atoms with Crippen LogP contribution in [-0.4, -0.2) is 4.98 Å². The smallest absolute Gasteiger partial charge is 0.0702 e. The fraction of sp³-hybridized carbons (Fsp3) is 0.250. The van der Waals surface area contributed by atoms with Crippen molar-refractivity contribution in [1.82, 2.24) is 4.98 Å². The first-order chi connectivity index (χ1) is 6.81. The van der Waals surface area contributed by atoms with Gasteiger partial charge in [0.15, 0.2) is 0 Å². The molecule has 0 saturated heterocycles. The predicted octanol–water partition coefficient (Wildman–Crippen LogP) is 2.64. The van der Waals surface area contributed by atoms with E-state index in [0.717, 1.165) is 22.9 Å². The number of nitrogens with zero attached hydrogens (tertiary/aromatic N) is 1. The molecule has 2 aromatic rings. The van der Waals surface area contributed by atoms with Gasteiger partial charge in [-0.1, -0.05) is 25.1 Å². The number of hydrogen-bond donors (Lipinski definition) is 1. The van der Waals surface area contributed by atoms with E-state index in [2.05, 4.69) is 24.0 Å². The van der Waals surface area contributed by atoms with Crippen molar-refractivity contribution in [2.75, 3.05) is 0 Å². The fourth-order valence-electron chi connectivity index (χ4n) is 1.53. The lowest BCUT2D eigenvalue weighted by molar-refractivity contribution is 0.697. The van der Waals surface area contributed by atoms with Gasteiger partial charge in [-0.25, -0.2) is 0 Å². The standard InChI is InChI=1S/C12H14N2/c1-2-11(13)10-7-9-5-3-4-6-12(9)14-8-10/h3-8,11H,2,13H2,1H3/t11-/m1/s1. The second-order valence-corrected chi connectivity index (χ2v) is 3.48. The first-order valence-electron chi connectivity index (χ1n) is 4.91. The maximum Gasteiger partial charge on any atom is 0.0702 e. The topological polar surface area (TPSA) is 38.9 Å². The molecule has 1 heterocycles. The summed E-state index contributed by atoms with van der Waals surface area (Å²) in [5.74, 6) is 0. The van der Waals surface area contributed by atoms with E-state index >= 15 is 0 Å². The summed E-state index contributed by atoms with van der Waals surface area (Å²) < 4.78 is 0. The van der Waals surface area contributed by atoms with Gasteiger partial charge >= 0.3 is 0 Å². The van der Waals surface area contributed by atoms with Crippen LogP contribution in [0.3, 0.4) is 0 Å². The zero-order valence-corrected chi connectivity index (χ0v) is 8.27. The van der Waals surface area contributed by atoms with E-state index in [1.165, 1.54) is 0 Å². The summed E-state index contributed by atoms with van der Waals surface area (Å²) in [6.07, 6.45) is 2.82. The summed E-state index contributed by atoms with van der Waals surface area (Å²) >= 11 is 0. The molecule has 0 spiro atoms. The summed E-state index contributed by atoms with van der Waals surface area (Å²) in [7, 11) is 0. The Morgan fingerprint density at radius 2 is 2.14 bits per heavy atom. The molecular formula is C12H14N2. The van der Waals surface area contributed by atoms with Crippen molar-refractivity contribution in [3.05, 3.63) is 42.1 Å². The van der Waals surface area contributed by atoms with E-state index in [0.29, 0.717) is 0 Å². The van der Waals surface area contributed by atoms with Gasteiger partial charge in [-0.3, -0.25) is 4.98 Å². The van der Waals surface area contributed by atoms with Crippen LogP contribution in [0.1, 0.15) is 24.9 Å². The lowest BCUT2D eigenvalue weighted by Gasteiger charge is -2.08. The molecule has 14 heavy (non-hydrogen) atoms. The highest BCUT2D eigenvalue weighted by molar-refractivity contribution is 5.78. The third-order valence-electron chi connectivity index (χ3n) is 2.48. The number of benzene rings is 1. The largest absolute Gasteiger partial charge is 0.324 e. The Hall–Kier alpha value is -1.41. The van der Waals surface area contributed by atoms with E-state index < -0.39 is 0 Å². The van der Waals surface area contributed by atoms with Crippen molar-refractivity contribution in [3.63, 3.8) is 0 Å². The number of rotatable bonds is 2. The molecule has 0 aliphatic carbocycles. The van der Waals surface area contributed by atoms with Gasteiger partial charge in [0.25, 0.3) is 0 Å². The molecule has 2 N–H and O–H groups in total. The van der Waals surface area contributed by atoms with Crippen molar-refractivity contribution in [3.8, 4) is 0 Å². The van der Waals surface area contributed by atoms with Crippen molar-refractivity contribution in [2.24, 2.45) is 5.73 Å². The maximum atomic E-state index is 5.95. The van der Waals surface area contributed by atoms with E-state index in [1.807, 2.05) is 24.4 Å². The van der Waals surface area contributed by atoms with Crippen LogP contribution in [0, 0.1) is 0 Å². The van der Waals surface area contributed by atoms with Crippen LogP contribution in [0.2, 0.25) is 0 Å². The second kappa shape index (κ2) is 3.76. The summed E-state index contributed by atoms with van der Waals surface area (Å²) in [6, 6.07) is 10.3. The van der Waals surface area contributed by atoms with Crippen molar-refractivity contribution >= 4 is 10.9 Å². The van der Waals surface area contributed by atoms with Gasteiger partial charge < -0.3 is 5.73 Å². The highest BCUT2D eigenvalue weighted by Crippen LogP contribution is 2.18. The maximum absolute atomic E-state index is 5.95. The summed E-state index contributed by atoms with van der Waals surface area (Å²) in [4.78, 5) is 4.37. The predicted molar refractivity (Wildman–Crippen MR) is 59.0 cm³/mol. The molecule has 0 aliphatic rings. The Morgan fingerprint density at radius 3 is 2.93 bits per heavy atom. The number of para-hydroxylation sites is 1. The van der Waals surface area contributed by atoms with Gasteiger partial charge in [-0.2, -0.15) is 0 Å². The first kappa shape index (κ1) is 9.16. The van der Waals surface area contributed by atoms with Crippen LogP contribution in [0.25, 0.3) is 10.9 Å². The average molecular weight is 186 g/mol. The van der Waals surface area contributed by atoms with E-state index in [4.69, 9.17) is 5.73 Å².